The highest BCUT2D eigenvalue weighted by atomic mass is 32.2. The Balaban J connectivity index is 1.39. The lowest BCUT2D eigenvalue weighted by Gasteiger charge is -2.34. The Kier molecular flexibility index (Phi) is 5.97. The average molecular weight is 410 g/mol. The largest absolute Gasteiger partial charge is 0.340 e. The highest BCUT2D eigenvalue weighted by Crippen LogP contribution is 2.26. The number of nitrogens with zero attached hydrogens (tertiary/aromatic N) is 4. The van der Waals surface area contributed by atoms with Crippen molar-refractivity contribution < 1.29 is 4.39 Å². The zero-order chi connectivity index (χ0) is 20.2. The van der Waals surface area contributed by atoms with E-state index in [9.17, 15) is 4.39 Å². The van der Waals surface area contributed by atoms with Crippen molar-refractivity contribution in [2.75, 3.05) is 36.4 Å². The lowest BCUT2D eigenvalue weighted by Crippen LogP contribution is -2.44. The highest BCUT2D eigenvalue weighted by Gasteiger charge is 2.20. The minimum atomic E-state index is -0.203. The van der Waals surface area contributed by atoms with Gasteiger partial charge in [-0.05, 0) is 62.2 Å². The molecule has 1 aromatic heterocycles. The van der Waals surface area contributed by atoms with E-state index < -0.39 is 0 Å². The molecular formula is C22H24FN5S. The molecule has 2 heterocycles. The first-order valence-corrected chi connectivity index (χ1v) is 10.5. The average Bonchev–Trinajstić information content (AvgIpc) is 2.72. The molecule has 3 aromatic rings. The van der Waals surface area contributed by atoms with Crippen molar-refractivity contribution in [2.24, 2.45) is 0 Å². The molecule has 1 N–H and O–H groups in total. The van der Waals surface area contributed by atoms with Crippen LogP contribution >= 0.6 is 11.9 Å². The predicted octanol–water partition coefficient (Wildman–Crippen LogP) is 4.81. The summed E-state index contributed by atoms with van der Waals surface area (Å²) in [6, 6.07) is 16.9. The summed E-state index contributed by atoms with van der Waals surface area (Å²) >= 11 is 1.67. The molecule has 1 aliphatic heterocycles. The summed E-state index contributed by atoms with van der Waals surface area (Å²) in [5.41, 5.74) is 3.18. The predicted molar refractivity (Wildman–Crippen MR) is 117 cm³/mol. The third kappa shape index (κ3) is 5.25. The van der Waals surface area contributed by atoms with Gasteiger partial charge in [0, 0.05) is 48.5 Å². The van der Waals surface area contributed by atoms with Crippen molar-refractivity contribution in [2.45, 2.75) is 18.7 Å². The van der Waals surface area contributed by atoms with E-state index in [4.69, 9.17) is 4.98 Å². The van der Waals surface area contributed by atoms with Gasteiger partial charge in [0.2, 0.25) is 5.95 Å². The lowest BCUT2D eigenvalue weighted by atomic mass is 10.2. The van der Waals surface area contributed by atoms with Crippen LogP contribution < -0.4 is 10.2 Å². The van der Waals surface area contributed by atoms with Gasteiger partial charge in [-0.2, -0.15) is 4.98 Å². The number of halogens is 1. The van der Waals surface area contributed by atoms with Gasteiger partial charge in [0.25, 0.3) is 0 Å². The molecule has 4 rings (SSSR count). The molecule has 0 atom stereocenters. The Labute approximate surface area is 175 Å². The molecule has 29 heavy (non-hydrogen) atoms. The van der Waals surface area contributed by atoms with Crippen molar-refractivity contribution >= 4 is 29.4 Å². The Bertz CT molecular complexity index is 954. The van der Waals surface area contributed by atoms with E-state index in [1.165, 1.54) is 17.7 Å². The van der Waals surface area contributed by atoms with Gasteiger partial charge in [0.05, 0.1) is 0 Å². The summed E-state index contributed by atoms with van der Waals surface area (Å²) in [5, 5.41) is 3.37. The van der Waals surface area contributed by atoms with Crippen LogP contribution in [0.5, 0.6) is 0 Å². The maximum atomic E-state index is 13.1. The van der Waals surface area contributed by atoms with Crippen LogP contribution in [0, 0.1) is 19.7 Å². The van der Waals surface area contributed by atoms with E-state index in [1.54, 1.807) is 11.9 Å². The molecule has 1 fully saturated rings. The van der Waals surface area contributed by atoms with Crippen molar-refractivity contribution in [3.63, 3.8) is 0 Å². The lowest BCUT2D eigenvalue weighted by molar-refractivity contribution is 0.426. The fourth-order valence-corrected chi connectivity index (χ4v) is 4.07. The second-order valence-electron chi connectivity index (χ2n) is 7.15. The molecule has 0 bridgehead atoms. The Morgan fingerprint density at radius 2 is 1.59 bits per heavy atom. The van der Waals surface area contributed by atoms with Crippen molar-refractivity contribution in [3.05, 3.63) is 71.7 Å². The van der Waals surface area contributed by atoms with Gasteiger partial charge in [0.1, 0.15) is 11.6 Å². The third-order valence-electron chi connectivity index (χ3n) is 4.74. The highest BCUT2D eigenvalue weighted by molar-refractivity contribution is 7.97. The van der Waals surface area contributed by atoms with Crippen LogP contribution in [0.3, 0.4) is 0 Å². The molecule has 5 nitrogen and oxygen atoms in total. The standard InChI is InChI=1S/C22H24FN5S/c1-16-3-7-19(8-4-16)25-21-15-17(2)24-22(26-21)27-11-13-28(14-12-27)29-20-9-5-18(23)6-10-20/h3-10,15H,11-14H2,1-2H3,(H,24,25,26). The quantitative estimate of drug-likeness (QED) is 0.611. The minimum absolute atomic E-state index is 0.203. The minimum Gasteiger partial charge on any atom is -0.340 e. The first-order valence-electron chi connectivity index (χ1n) is 9.68. The van der Waals surface area contributed by atoms with Gasteiger partial charge in [-0.25, -0.2) is 13.7 Å². The number of aromatic nitrogens is 2. The Hall–Kier alpha value is -2.64. The maximum absolute atomic E-state index is 13.1. The summed E-state index contributed by atoms with van der Waals surface area (Å²) in [5.74, 6) is 1.36. The second-order valence-corrected chi connectivity index (χ2v) is 8.32. The van der Waals surface area contributed by atoms with E-state index in [0.717, 1.165) is 54.2 Å². The third-order valence-corrected chi connectivity index (χ3v) is 5.84. The molecule has 0 radical (unpaired) electrons. The van der Waals surface area contributed by atoms with E-state index in [0.29, 0.717) is 0 Å². The molecule has 0 spiro atoms. The SMILES string of the molecule is Cc1ccc(Nc2cc(C)nc(N3CCN(Sc4ccc(F)cc4)CC3)n2)cc1. The number of hydrogen-bond acceptors (Lipinski definition) is 6. The summed E-state index contributed by atoms with van der Waals surface area (Å²) in [6.07, 6.45) is 0. The molecule has 150 valence electrons. The normalized spacial score (nSPS) is 14.8. The molecule has 0 unspecified atom stereocenters. The van der Waals surface area contributed by atoms with Crippen molar-refractivity contribution in [3.8, 4) is 0 Å². The second kappa shape index (κ2) is 8.80. The monoisotopic (exact) mass is 409 g/mol. The molecule has 0 amide bonds. The topological polar surface area (TPSA) is 44.3 Å². The fraction of sp³-hybridized carbons (Fsp3) is 0.273. The maximum Gasteiger partial charge on any atom is 0.227 e. The van der Waals surface area contributed by atoms with Gasteiger partial charge < -0.3 is 10.2 Å². The molecule has 1 saturated heterocycles. The number of aryl methyl sites for hydroxylation is 2. The molecule has 1 aliphatic rings. The van der Waals surface area contributed by atoms with Crippen molar-refractivity contribution in [1.82, 2.24) is 14.3 Å². The van der Waals surface area contributed by atoms with Crippen LogP contribution in [0.15, 0.2) is 59.5 Å². The summed E-state index contributed by atoms with van der Waals surface area (Å²) < 4.78 is 15.4. The van der Waals surface area contributed by atoms with Gasteiger partial charge in [-0.3, -0.25) is 0 Å². The van der Waals surface area contributed by atoms with E-state index in [-0.39, 0.29) is 5.82 Å². The van der Waals surface area contributed by atoms with Crippen LogP contribution in [0.1, 0.15) is 11.3 Å². The first kappa shape index (κ1) is 19.7. The number of piperazine rings is 1. The Morgan fingerprint density at radius 3 is 2.28 bits per heavy atom. The number of hydrogen-bond donors (Lipinski definition) is 1. The molecule has 0 saturated carbocycles. The van der Waals surface area contributed by atoms with Crippen LogP contribution in [0.2, 0.25) is 0 Å². The van der Waals surface area contributed by atoms with Gasteiger partial charge in [-0.15, -0.1) is 0 Å². The number of nitrogens with one attached hydrogen (secondary N) is 1. The molecular weight excluding hydrogens is 385 g/mol. The zero-order valence-electron chi connectivity index (χ0n) is 16.6. The smallest absolute Gasteiger partial charge is 0.227 e. The van der Waals surface area contributed by atoms with E-state index >= 15 is 0 Å². The Morgan fingerprint density at radius 1 is 0.897 bits per heavy atom. The van der Waals surface area contributed by atoms with Crippen LogP contribution in [0.4, 0.5) is 21.8 Å². The van der Waals surface area contributed by atoms with Crippen LogP contribution in [-0.2, 0) is 0 Å². The van der Waals surface area contributed by atoms with E-state index in [1.807, 2.05) is 25.1 Å². The molecule has 2 aromatic carbocycles. The van der Waals surface area contributed by atoms with Crippen LogP contribution in [-0.4, -0.2) is 40.5 Å². The van der Waals surface area contributed by atoms with Gasteiger partial charge in [-0.1, -0.05) is 17.7 Å². The van der Waals surface area contributed by atoms with Gasteiger partial charge in [0.15, 0.2) is 0 Å². The van der Waals surface area contributed by atoms with E-state index in [2.05, 4.69) is 50.7 Å². The summed E-state index contributed by atoms with van der Waals surface area (Å²) in [6.45, 7) is 7.54. The number of anilines is 3. The van der Waals surface area contributed by atoms with Gasteiger partial charge >= 0.3 is 0 Å². The molecule has 0 aliphatic carbocycles. The fourth-order valence-electron chi connectivity index (χ4n) is 3.17. The summed E-state index contributed by atoms with van der Waals surface area (Å²) in [7, 11) is 0. The number of benzene rings is 2. The zero-order valence-corrected chi connectivity index (χ0v) is 17.4. The van der Waals surface area contributed by atoms with Crippen LogP contribution in [0.25, 0.3) is 0 Å². The van der Waals surface area contributed by atoms with Crippen molar-refractivity contribution in [1.29, 1.82) is 0 Å². The summed E-state index contributed by atoms with van der Waals surface area (Å²) in [4.78, 5) is 12.6. The first-order chi connectivity index (χ1) is 14.0. The molecule has 7 heteroatoms. The number of rotatable bonds is 5.